The van der Waals surface area contributed by atoms with Crippen LogP contribution in [0.15, 0.2) is 42.6 Å². The predicted molar refractivity (Wildman–Crippen MR) is 126 cm³/mol. The summed E-state index contributed by atoms with van der Waals surface area (Å²) in [7, 11) is 1.30. The molecule has 4 N–H and O–H groups in total. The molecule has 0 unspecified atom stereocenters. The molecular weight excluding hydrogens is 424 g/mol. The predicted octanol–water partition coefficient (Wildman–Crippen LogP) is 2.43. The summed E-state index contributed by atoms with van der Waals surface area (Å²) in [4.78, 5) is 30.2. The lowest BCUT2D eigenvalue weighted by molar-refractivity contribution is -0.115. The van der Waals surface area contributed by atoms with Crippen LogP contribution in [0.2, 0.25) is 0 Å². The molecule has 9 nitrogen and oxygen atoms in total. The fraction of sp³-hybridized carbons (Fsp3) is 0.375. The molecule has 0 saturated heterocycles. The van der Waals surface area contributed by atoms with Crippen LogP contribution in [0.5, 0.6) is 0 Å². The quantitative estimate of drug-likeness (QED) is 0.347. The molecule has 176 valence electrons. The van der Waals surface area contributed by atoms with E-state index in [1.165, 1.54) is 7.11 Å². The normalized spacial score (nSPS) is 12.1. The number of aromatic nitrogens is 2. The van der Waals surface area contributed by atoms with E-state index in [4.69, 9.17) is 9.84 Å². The number of ether oxygens (including phenoxy) is 1. The number of pyridine rings is 1. The summed E-state index contributed by atoms with van der Waals surface area (Å²) in [6.07, 6.45) is 0.800. The van der Waals surface area contributed by atoms with Gasteiger partial charge in [-0.05, 0) is 17.5 Å². The van der Waals surface area contributed by atoms with Crippen molar-refractivity contribution in [2.75, 3.05) is 30.9 Å². The van der Waals surface area contributed by atoms with Crippen molar-refractivity contribution in [3.8, 4) is 0 Å². The summed E-state index contributed by atoms with van der Waals surface area (Å²) in [5, 5.41) is 25.2. The van der Waals surface area contributed by atoms with E-state index in [0.29, 0.717) is 29.0 Å². The highest BCUT2D eigenvalue weighted by Crippen LogP contribution is 2.33. The molecule has 0 radical (unpaired) electrons. The SMILES string of the molecule is COC(=O)c1c(NC(=O)Cc2ccccc2)c2cc(NC[C@@H](O)CO)cnc2n1CC(C)C. The number of rotatable bonds is 10. The van der Waals surface area contributed by atoms with Gasteiger partial charge in [0, 0.05) is 18.5 Å². The Morgan fingerprint density at radius 2 is 1.94 bits per heavy atom. The van der Waals surface area contributed by atoms with E-state index >= 15 is 0 Å². The number of carbonyl (C=O) groups excluding carboxylic acids is 2. The molecule has 1 amide bonds. The molecule has 0 saturated carbocycles. The zero-order valence-electron chi connectivity index (χ0n) is 19.0. The smallest absolute Gasteiger partial charge is 0.356 e. The summed E-state index contributed by atoms with van der Waals surface area (Å²) in [6.45, 7) is 4.29. The first kappa shape index (κ1) is 24.2. The Hall–Kier alpha value is -3.43. The van der Waals surface area contributed by atoms with Crippen molar-refractivity contribution in [3.63, 3.8) is 0 Å². The van der Waals surface area contributed by atoms with Crippen LogP contribution in [0.3, 0.4) is 0 Å². The number of benzene rings is 1. The number of nitrogens with zero attached hydrogens (tertiary/aromatic N) is 2. The van der Waals surface area contributed by atoms with E-state index in [2.05, 4.69) is 15.6 Å². The molecule has 0 aliphatic heterocycles. The van der Waals surface area contributed by atoms with E-state index in [1.807, 2.05) is 44.2 Å². The Bertz CT molecular complexity index is 1110. The van der Waals surface area contributed by atoms with Crippen LogP contribution in [-0.2, 0) is 22.5 Å². The van der Waals surface area contributed by atoms with Crippen molar-refractivity contribution in [1.82, 2.24) is 9.55 Å². The van der Waals surface area contributed by atoms with E-state index in [0.717, 1.165) is 5.56 Å². The largest absolute Gasteiger partial charge is 0.464 e. The minimum atomic E-state index is -0.929. The van der Waals surface area contributed by atoms with E-state index in [9.17, 15) is 14.7 Å². The molecule has 0 spiro atoms. The number of aliphatic hydroxyl groups excluding tert-OH is 2. The molecule has 0 aliphatic rings. The van der Waals surface area contributed by atoms with Crippen LogP contribution in [0.25, 0.3) is 11.0 Å². The fourth-order valence-electron chi connectivity index (χ4n) is 3.57. The summed E-state index contributed by atoms with van der Waals surface area (Å²) in [5.74, 6) is -0.644. The highest BCUT2D eigenvalue weighted by molar-refractivity contribution is 6.11. The maximum atomic E-state index is 12.9. The van der Waals surface area contributed by atoms with Gasteiger partial charge in [0.25, 0.3) is 0 Å². The number of hydrogen-bond donors (Lipinski definition) is 4. The second kappa shape index (κ2) is 10.9. The lowest BCUT2D eigenvalue weighted by atomic mass is 10.1. The Morgan fingerprint density at radius 1 is 1.21 bits per heavy atom. The molecule has 3 aromatic rings. The Balaban J connectivity index is 2.07. The van der Waals surface area contributed by atoms with Gasteiger partial charge >= 0.3 is 5.97 Å². The van der Waals surface area contributed by atoms with Crippen molar-refractivity contribution >= 4 is 34.3 Å². The number of hydrogen-bond acceptors (Lipinski definition) is 7. The molecule has 2 aromatic heterocycles. The average Bonchev–Trinajstić information content (AvgIpc) is 3.09. The molecule has 1 aromatic carbocycles. The molecular formula is C24H30N4O5. The zero-order valence-corrected chi connectivity index (χ0v) is 19.0. The maximum Gasteiger partial charge on any atom is 0.356 e. The molecule has 33 heavy (non-hydrogen) atoms. The van der Waals surface area contributed by atoms with Gasteiger partial charge in [0.2, 0.25) is 5.91 Å². The van der Waals surface area contributed by atoms with Crippen LogP contribution < -0.4 is 10.6 Å². The van der Waals surface area contributed by atoms with Gasteiger partial charge in [-0.2, -0.15) is 0 Å². The second-order valence-corrected chi connectivity index (χ2v) is 8.24. The lowest BCUT2D eigenvalue weighted by Gasteiger charge is -2.12. The minimum Gasteiger partial charge on any atom is -0.464 e. The van der Waals surface area contributed by atoms with Crippen LogP contribution in [0.1, 0.15) is 29.9 Å². The molecule has 2 heterocycles. The van der Waals surface area contributed by atoms with Gasteiger partial charge in [0.05, 0.1) is 43.8 Å². The van der Waals surface area contributed by atoms with Crippen molar-refractivity contribution < 1.29 is 24.5 Å². The van der Waals surface area contributed by atoms with Gasteiger partial charge in [-0.25, -0.2) is 9.78 Å². The molecule has 0 aliphatic carbocycles. The van der Waals surface area contributed by atoms with E-state index < -0.39 is 12.1 Å². The molecule has 9 heteroatoms. The lowest BCUT2D eigenvalue weighted by Crippen LogP contribution is -2.22. The minimum absolute atomic E-state index is 0.121. The van der Waals surface area contributed by atoms with Crippen molar-refractivity contribution in [2.45, 2.75) is 32.9 Å². The number of nitrogens with one attached hydrogen (secondary N) is 2. The summed E-state index contributed by atoms with van der Waals surface area (Å²) in [5.41, 5.74) is 2.51. The topological polar surface area (TPSA) is 126 Å². The second-order valence-electron chi connectivity index (χ2n) is 8.24. The first-order valence-corrected chi connectivity index (χ1v) is 10.8. The van der Waals surface area contributed by atoms with Gasteiger partial charge in [-0.3, -0.25) is 4.79 Å². The zero-order chi connectivity index (χ0) is 24.0. The number of methoxy groups -OCH3 is 1. The molecule has 0 bridgehead atoms. The van der Waals surface area contributed by atoms with Gasteiger partial charge < -0.3 is 30.2 Å². The molecule has 1 atom stereocenters. The number of carbonyl (C=O) groups is 2. The van der Waals surface area contributed by atoms with Gasteiger partial charge in [0.15, 0.2) is 5.69 Å². The van der Waals surface area contributed by atoms with Crippen molar-refractivity contribution in [2.24, 2.45) is 5.92 Å². The number of fused-ring (bicyclic) bond motifs is 1. The highest BCUT2D eigenvalue weighted by Gasteiger charge is 2.26. The Kier molecular flexibility index (Phi) is 8.02. The van der Waals surface area contributed by atoms with Gasteiger partial charge in [0.1, 0.15) is 5.65 Å². The maximum absolute atomic E-state index is 12.9. The average molecular weight is 455 g/mol. The summed E-state index contributed by atoms with van der Waals surface area (Å²) < 4.78 is 6.80. The first-order chi connectivity index (χ1) is 15.8. The van der Waals surface area contributed by atoms with Crippen LogP contribution in [0.4, 0.5) is 11.4 Å². The van der Waals surface area contributed by atoms with E-state index in [1.54, 1.807) is 16.8 Å². The summed E-state index contributed by atoms with van der Waals surface area (Å²) in [6, 6.07) is 11.1. The van der Waals surface area contributed by atoms with Crippen LogP contribution in [0, 0.1) is 5.92 Å². The number of anilines is 2. The van der Waals surface area contributed by atoms with Gasteiger partial charge in [-0.15, -0.1) is 0 Å². The number of esters is 1. The van der Waals surface area contributed by atoms with Gasteiger partial charge in [-0.1, -0.05) is 44.2 Å². The third-order valence-electron chi connectivity index (χ3n) is 5.05. The van der Waals surface area contributed by atoms with Crippen LogP contribution in [-0.4, -0.2) is 58.0 Å². The highest BCUT2D eigenvalue weighted by atomic mass is 16.5. The van der Waals surface area contributed by atoms with E-state index in [-0.39, 0.29) is 37.1 Å². The van der Waals surface area contributed by atoms with Crippen molar-refractivity contribution in [3.05, 3.63) is 53.9 Å². The third kappa shape index (κ3) is 5.88. The fourth-order valence-corrected chi connectivity index (χ4v) is 3.57. The standard InChI is InChI=1S/C24H30N4O5/c1-15(2)13-28-22(24(32)33-3)21(27-20(31)9-16-7-5-4-6-8-16)19-10-17(11-26-23(19)28)25-12-18(30)14-29/h4-8,10-11,15,18,25,29-30H,9,12-14H2,1-3H3,(H,27,31)/t18-/m1/s1. The number of amides is 1. The molecule has 0 fully saturated rings. The summed E-state index contributed by atoms with van der Waals surface area (Å²) >= 11 is 0. The monoisotopic (exact) mass is 454 g/mol. The van der Waals surface area contributed by atoms with Crippen LogP contribution >= 0.6 is 0 Å². The number of aliphatic hydroxyl groups is 2. The third-order valence-corrected chi connectivity index (χ3v) is 5.05. The molecule has 3 rings (SSSR count). The Morgan fingerprint density at radius 3 is 2.58 bits per heavy atom. The first-order valence-electron chi connectivity index (χ1n) is 10.8. The van der Waals surface area contributed by atoms with Crippen molar-refractivity contribution in [1.29, 1.82) is 0 Å². The Labute approximate surface area is 192 Å².